The van der Waals surface area contributed by atoms with Crippen LogP contribution in [-0.4, -0.2) is 18.8 Å². The number of hydrogen-bond acceptors (Lipinski definition) is 4. The molecule has 1 aliphatic rings. The molecule has 0 spiro atoms. The van der Waals surface area contributed by atoms with Crippen molar-refractivity contribution in [1.29, 1.82) is 0 Å². The summed E-state index contributed by atoms with van der Waals surface area (Å²) >= 11 is 5.28. The number of thiophene rings is 1. The Morgan fingerprint density at radius 1 is 1.50 bits per heavy atom. The molecule has 0 radical (unpaired) electrons. The second-order valence-electron chi connectivity index (χ2n) is 4.84. The molecule has 102 valence electrons. The lowest BCUT2D eigenvalue weighted by atomic mass is 10.00. The molecular weight excluding hydrogens is 312 g/mol. The Balaban J connectivity index is 1.74. The smallest absolute Gasteiger partial charge is 0.0701 e. The molecule has 0 aromatic carbocycles. The molecular formula is C13H21BrN2OS. The van der Waals surface area contributed by atoms with Gasteiger partial charge in [-0.15, -0.1) is 11.3 Å². The predicted molar refractivity (Wildman–Crippen MR) is 79.7 cm³/mol. The molecule has 1 saturated heterocycles. The van der Waals surface area contributed by atoms with Crippen LogP contribution in [0, 0.1) is 0 Å². The van der Waals surface area contributed by atoms with Gasteiger partial charge in [-0.05, 0) is 66.6 Å². The Morgan fingerprint density at radius 2 is 2.39 bits per heavy atom. The van der Waals surface area contributed by atoms with Crippen LogP contribution in [0.1, 0.15) is 37.0 Å². The van der Waals surface area contributed by atoms with E-state index in [0.29, 0.717) is 12.1 Å². The summed E-state index contributed by atoms with van der Waals surface area (Å²) in [6.45, 7) is 0.934. The highest BCUT2D eigenvalue weighted by Gasteiger charge is 2.16. The molecule has 3 N–H and O–H groups in total. The van der Waals surface area contributed by atoms with Gasteiger partial charge in [-0.25, -0.2) is 0 Å². The van der Waals surface area contributed by atoms with Gasteiger partial charge in [0.25, 0.3) is 0 Å². The second kappa shape index (κ2) is 7.60. The van der Waals surface area contributed by atoms with Crippen molar-refractivity contribution >= 4 is 27.3 Å². The first-order valence-electron chi connectivity index (χ1n) is 6.60. The molecule has 1 aromatic rings. The van der Waals surface area contributed by atoms with Crippen LogP contribution in [0.15, 0.2) is 15.9 Å². The van der Waals surface area contributed by atoms with E-state index in [1.54, 1.807) is 11.3 Å². The van der Waals surface area contributed by atoms with E-state index in [-0.39, 0.29) is 0 Å². The molecule has 1 aliphatic heterocycles. The van der Waals surface area contributed by atoms with E-state index < -0.39 is 0 Å². The zero-order valence-corrected chi connectivity index (χ0v) is 12.9. The highest BCUT2D eigenvalue weighted by atomic mass is 79.9. The standard InChI is InChI=1S/C13H21BrN2OS/c14-13-7-6-12(18-13)9-10(16-15)4-5-11-3-1-2-8-17-11/h6-7,10-11,16H,1-5,8-9,15H2. The van der Waals surface area contributed by atoms with Gasteiger partial charge in [0.1, 0.15) is 0 Å². The molecule has 1 fully saturated rings. The molecule has 3 nitrogen and oxygen atoms in total. The van der Waals surface area contributed by atoms with Gasteiger partial charge >= 0.3 is 0 Å². The number of halogens is 1. The number of hydrazine groups is 1. The predicted octanol–water partition coefficient (Wildman–Crippen LogP) is 3.23. The van der Waals surface area contributed by atoms with E-state index in [1.807, 2.05) is 0 Å². The summed E-state index contributed by atoms with van der Waals surface area (Å²) < 4.78 is 6.94. The van der Waals surface area contributed by atoms with E-state index in [2.05, 4.69) is 33.5 Å². The lowest BCUT2D eigenvalue weighted by Crippen LogP contribution is -2.37. The van der Waals surface area contributed by atoms with E-state index in [0.717, 1.165) is 25.9 Å². The Kier molecular flexibility index (Phi) is 6.11. The maximum Gasteiger partial charge on any atom is 0.0701 e. The molecule has 0 saturated carbocycles. The van der Waals surface area contributed by atoms with Crippen molar-refractivity contribution in [2.24, 2.45) is 5.84 Å². The fraction of sp³-hybridized carbons (Fsp3) is 0.692. The van der Waals surface area contributed by atoms with Gasteiger partial charge in [-0.3, -0.25) is 11.3 Å². The van der Waals surface area contributed by atoms with Crippen LogP contribution in [0.4, 0.5) is 0 Å². The van der Waals surface area contributed by atoms with Gasteiger partial charge in [0.15, 0.2) is 0 Å². The van der Waals surface area contributed by atoms with Gasteiger partial charge in [-0.1, -0.05) is 0 Å². The Hall–Kier alpha value is 0.0600. The molecule has 0 bridgehead atoms. The maximum absolute atomic E-state index is 5.75. The summed E-state index contributed by atoms with van der Waals surface area (Å²) in [6.07, 6.45) is 7.38. The van der Waals surface area contributed by atoms with Crippen molar-refractivity contribution in [2.45, 2.75) is 50.7 Å². The first-order valence-corrected chi connectivity index (χ1v) is 8.21. The molecule has 1 aromatic heterocycles. The monoisotopic (exact) mass is 332 g/mol. The summed E-state index contributed by atoms with van der Waals surface area (Å²) in [4.78, 5) is 1.37. The van der Waals surface area contributed by atoms with Crippen LogP contribution in [-0.2, 0) is 11.2 Å². The number of nitrogens with one attached hydrogen (secondary N) is 1. The molecule has 2 rings (SSSR count). The molecule has 2 unspecified atom stereocenters. The molecule has 0 aliphatic carbocycles. The number of hydrogen-bond donors (Lipinski definition) is 2. The summed E-state index contributed by atoms with van der Waals surface area (Å²) in [5.41, 5.74) is 2.94. The van der Waals surface area contributed by atoms with Crippen molar-refractivity contribution in [3.05, 3.63) is 20.8 Å². The zero-order valence-electron chi connectivity index (χ0n) is 10.5. The van der Waals surface area contributed by atoms with Crippen LogP contribution in [0.3, 0.4) is 0 Å². The SMILES string of the molecule is NNC(CCC1CCCCO1)Cc1ccc(Br)s1. The minimum Gasteiger partial charge on any atom is -0.378 e. The fourth-order valence-corrected chi connectivity index (χ4v) is 3.93. The first-order chi connectivity index (χ1) is 8.78. The van der Waals surface area contributed by atoms with Gasteiger partial charge in [0.05, 0.1) is 9.89 Å². The van der Waals surface area contributed by atoms with Crippen molar-refractivity contribution in [3.63, 3.8) is 0 Å². The van der Waals surface area contributed by atoms with E-state index in [1.165, 1.54) is 27.9 Å². The largest absolute Gasteiger partial charge is 0.378 e. The summed E-state index contributed by atoms with van der Waals surface area (Å²) in [6, 6.07) is 4.61. The van der Waals surface area contributed by atoms with Gasteiger partial charge in [0, 0.05) is 17.5 Å². The second-order valence-corrected chi connectivity index (χ2v) is 7.39. The van der Waals surface area contributed by atoms with Crippen LogP contribution in [0.25, 0.3) is 0 Å². The normalized spacial score (nSPS) is 22.0. The third-order valence-electron chi connectivity index (χ3n) is 3.42. The Morgan fingerprint density at radius 3 is 3.00 bits per heavy atom. The van der Waals surface area contributed by atoms with Crippen LogP contribution in [0.5, 0.6) is 0 Å². The molecule has 2 atom stereocenters. The lowest BCUT2D eigenvalue weighted by molar-refractivity contribution is 0.00860. The maximum atomic E-state index is 5.75. The third-order valence-corrected chi connectivity index (χ3v) is 5.07. The fourth-order valence-electron chi connectivity index (χ4n) is 2.37. The van der Waals surface area contributed by atoms with E-state index >= 15 is 0 Å². The lowest BCUT2D eigenvalue weighted by Gasteiger charge is -2.24. The van der Waals surface area contributed by atoms with E-state index in [4.69, 9.17) is 10.6 Å². The van der Waals surface area contributed by atoms with E-state index in [9.17, 15) is 0 Å². The highest BCUT2D eigenvalue weighted by molar-refractivity contribution is 9.11. The van der Waals surface area contributed by atoms with Crippen molar-refractivity contribution in [3.8, 4) is 0 Å². The summed E-state index contributed by atoms with van der Waals surface area (Å²) in [7, 11) is 0. The van der Waals surface area contributed by atoms with Crippen molar-refractivity contribution in [2.75, 3.05) is 6.61 Å². The third kappa shape index (κ3) is 4.63. The highest BCUT2D eigenvalue weighted by Crippen LogP contribution is 2.24. The van der Waals surface area contributed by atoms with Crippen molar-refractivity contribution < 1.29 is 4.74 Å². The number of rotatable bonds is 6. The van der Waals surface area contributed by atoms with Crippen molar-refractivity contribution in [1.82, 2.24) is 5.43 Å². The minimum atomic E-state index is 0.348. The molecule has 5 heteroatoms. The quantitative estimate of drug-likeness (QED) is 0.621. The zero-order chi connectivity index (χ0) is 12.8. The Bertz CT molecular complexity index is 353. The molecule has 2 heterocycles. The number of ether oxygens (including phenoxy) is 1. The summed E-state index contributed by atoms with van der Waals surface area (Å²) in [5, 5.41) is 0. The van der Waals surface area contributed by atoms with Gasteiger partial charge in [0.2, 0.25) is 0 Å². The minimum absolute atomic E-state index is 0.348. The molecule has 0 amide bonds. The van der Waals surface area contributed by atoms with Crippen LogP contribution < -0.4 is 11.3 Å². The van der Waals surface area contributed by atoms with Gasteiger partial charge in [-0.2, -0.15) is 0 Å². The summed E-state index contributed by atoms with van der Waals surface area (Å²) in [5.74, 6) is 5.65. The average Bonchev–Trinajstić information content (AvgIpc) is 2.81. The average molecular weight is 333 g/mol. The topological polar surface area (TPSA) is 47.3 Å². The van der Waals surface area contributed by atoms with Crippen LogP contribution >= 0.6 is 27.3 Å². The van der Waals surface area contributed by atoms with Gasteiger partial charge < -0.3 is 4.74 Å². The Labute approximate surface area is 121 Å². The van der Waals surface area contributed by atoms with Crippen LogP contribution in [0.2, 0.25) is 0 Å². The first kappa shape index (κ1) is 14.5. The number of nitrogens with two attached hydrogens (primary N) is 1. The molecule has 18 heavy (non-hydrogen) atoms.